The number of carbonyl (C=O) groups is 1. The normalized spacial score (nSPS) is 20.2. The fraction of sp³-hybridized carbons (Fsp3) is 0.467. The second-order valence-corrected chi connectivity index (χ2v) is 5.80. The summed E-state index contributed by atoms with van der Waals surface area (Å²) in [6.45, 7) is 4.19. The smallest absolute Gasteiger partial charge is 0.227 e. The van der Waals surface area contributed by atoms with Crippen LogP contribution >= 0.6 is 12.2 Å². The number of nitrogens with two attached hydrogens (primary N) is 1. The maximum atomic E-state index is 12.4. The van der Waals surface area contributed by atoms with Gasteiger partial charge in [0.2, 0.25) is 5.91 Å². The van der Waals surface area contributed by atoms with Gasteiger partial charge in [-0.15, -0.1) is 0 Å². The Morgan fingerprint density at radius 3 is 2.90 bits per heavy atom. The lowest BCUT2D eigenvalue weighted by Gasteiger charge is -2.32. The highest BCUT2D eigenvalue weighted by Crippen LogP contribution is 2.27. The largest absolute Gasteiger partial charge is 0.492 e. The number of thiocarbonyl (C=S) groups is 1. The zero-order valence-electron chi connectivity index (χ0n) is 11.8. The molecular weight excluding hydrogens is 272 g/mol. The molecule has 0 radical (unpaired) electrons. The van der Waals surface area contributed by atoms with E-state index in [1.54, 1.807) is 0 Å². The van der Waals surface area contributed by atoms with E-state index in [4.69, 9.17) is 22.7 Å². The average molecular weight is 292 g/mol. The molecule has 1 amide bonds. The number of carbonyl (C=O) groups excluding carboxylic acids is 1. The van der Waals surface area contributed by atoms with Gasteiger partial charge in [0.15, 0.2) is 0 Å². The maximum absolute atomic E-state index is 12.4. The van der Waals surface area contributed by atoms with E-state index in [-0.39, 0.29) is 11.8 Å². The molecule has 0 bridgehead atoms. The molecule has 5 heteroatoms. The van der Waals surface area contributed by atoms with Gasteiger partial charge in [0.25, 0.3) is 0 Å². The van der Waals surface area contributed by atoms with Crippen molar-refractivity contribution in [3.8, 4) is 5.75 Å². The predicted molar refractivity (Wildman–Crippen MR) is 82.8 cm³/mol. The zero-order chi connectivity index (χ0) is 14.8. The summed E-state index contributed by atoms with van der Waals surface area (Å²) in [6, 6.07) is 7.80. The van der Waals surface area contributed by atoms with Crippen molar-refractivity contribution in [1.29, 1.82) is 0 Å². The molecule has 20 heavy (non-hydrogen) atoms. The van der Waals surface area contributed by atoms with Gasteiger partial charge in [0, 0.05) is 0 Å². The van der Waals surface area contributed by atoms with Crippen LogP contribution < -0.4 is 15.8 Å². The molecule has 2 atom stereocenters. The fourth-order valence-corrected chi connectivity index (χ4v) is 2.39. The Balaban J connectivity index is 2.07. The van der Waals surface area contributed by atoms with Crippen molar-refractivity contribution in [2.75, 3.05) is 6.61 Å². The van der Waals surface area contributed by atoms with Crippen LogP contribution in [0.1, 0.15) is 25.8 Å². The molecule has 0 fully saturated rings. The summed E-state index contributed by atoms with van der Waals surface area (Å²) in [7, 11) is 0. The number of fused-ring (bicyclic) bond motifs is 1. The van der Waals surface area contributed by atoms with Crippen molar-refractivity contribution in [3.63, 3.8) is 0 Å². The van der Waals surface area contributed by atoms with Crippen molar-refractivity contribution >= 4 is 23.1 Å². The summed E-state index contributed by atoms with van der Waals surface area (Å²) >= 11 is 5.04. The Hall–Kier alpha value is -1.62. The zero-order valence-corrected chi connectivity index (χ0v) is 12.6. The number of ether oxygens (including phenoxy) is 1. The molecule has 3 N–H and O–H groups in total. The summed E-state index contributed by atoms with van der Waals surface area (Å²) in [5.74, 6) is 0.603. The number of hydrogen-bond donors (Lipinski definition) is 2. The van der Waals surface area contributed by atoms with Gasteiger partial charge in [-0.2, -0.15) is 0 Å². The Labute approximate surface area is 124 Å². The van der Waals surface area contributed by atoms with Crippen LogP contribution in [0.2, 0.25) is 0 Å². The highest BCUT2D eigenvalue weighted by atomic mass is 32.1. The summed E-state index contributed by atoms with van der Waals surface area (Å²) < 4.78 is 5.64. The molecule has 0 spiro atoms. The van der Waals surface area contributed by atoms with Crippen LogP contribution in [0.15, 0.2) is 24.3 Å². The summed E-state index contributed by atoms with van der Waals surface area (Å²) in [5, 5.41) is 2.96. The van der Waals surface area contributed by atoms with Crippen LogP contribution in [0.3, 0.4) is 0 Å². The third-order valence-electron chi connectivity index (χ3n) is 3.90. The molecule has 0 saturated heterocycles. The van der Waals surface area contributed by atoms with Gasteiger partial charge in [0.1, 0.15) is 12.4 Å². The molecule has 0 aliphatic carbocycles. The Bertz CT molecular complexity index is 532. The van der Waals surface area contributed by atoms with Gasteiger partial charge in [-0.1, -0.05) is 37.3 Å². The predicted octanol–water partition coefficient (Wildman–Crippen LogP) is 1.81. The van der Waals surface area contributed by atoms with E-state index in [2.05, 4.69) is 5.32 Å². The first-order valence-electron chi connectivity index (χ1n) is 6.79. The van der Waals surface area contributed by atoms with E-state index in [9.17, 15) is 4.79 Å². The number of nitrogens with one attached hydrogen (secondary N) is 1. The third-order valence-corrected chi connectivity index (χ3v) is 4.35. The van der Waals surface area contributed by atoms with E-state index in [1.165, 1.54) is 0 Å². The van der Waals surface area contributed by atoms with Gasteiger partial charge < -0.3 is 15.8 Å². The van der Waals surface area contributed by atoms with Crippen LogP contribution in [0.5, 0.6) is 5.75 Å². The molecule has 2 unspecified atom stereocenters. The van der Waals surface area contributed by atoms with Crippen LogP contribution in [0.4, 0.5) is 0 Å². The van der Waals surface area contributed by atoms with Crippen molar-refractivity contribution < 1.29 is 9.53 Å². The Morgan fingerprint density at radius 2 is 2.25 bits per heavy atom. The van der Waals surface area contributed by atoms with Crippen molar-refractivity contribution in [1.82, 2.24) is 5.32 Å². The minimum Gasteiger partial charge on any atom is -0.492 e. The molecule has 2 rings (SSSR count). The first-order chi connectivity index (χ1) is 9.46. The second kappa shape index (κ2) is 5.79. The van der Waals surface area contributed by atoms with Crippen LogP contribution in [-0.2, 0) is 11.2 Å². The number of hydrogen-bond acceptors (Lipinski definition) is 3. The molecule has 0 saturated carbocycles. The van der Waals surface area contributed by atoms with Crippen LogP contribution in [-0.4, -0.2) is 23.0 Å². The summed E-state index contributed by atoms with van der Waals surface area (Å²) in [4.78, 5) is 12.7. The lowest BCUT2D eigenvalue weighted by molar-refractivity contribution is -0.127. The minimum atomic E-state index is -0.636. The summed E-state index contributed by atoms with van der Waals surface area (Å²) in [5.41, 5.74) is 6.15. The lowest BCUT2D eigenvalue weighted by Crippen LogP contribution is -2.56. The Morgan fingerprint density at radius 1 is 1.55 bits per heavy atom. The van der Waals surface area contributed by atoms with Gasteiger partial charge in [-0.3, -0.25) is 4.79 Å². The average Bonchev–Trinajstić information content (AvgIpc) is 2.46. The SMILES string of the molecule is CCC(C)(NC(=O)C1COc2ccccc2C1)C(N)=S. The molecule has 1 aliphatic heterocycles. The van der Waals surface area contributed by atoms with E-state index >= 15 is 0 Å². The van der Waals surface area contributed by atoms with Crippen LogP contribution in [0.25, 0.3) is 0 Å². The third kappa shape index (κ3) is 2.93. The van der Waals surface area contributed by atoms with E-state index < -0.39 is 5.54 Å². The van der Waals surface area contributed by atoms with E-state index in [0.29, 0.717) is 24.4 Å². The Kier molecular flexibility index (Phi) is 4.28. The lowest BCUT2D eigenvalue weighted by atomic mass is 9.93. The standard InChI is InChI=1S/C15H20N2O2S/c1-3-15(2,14(16)20)17-13(18)11-8-10-6-4-5-7-12(10)19-9-11/h4-7,11H,3,8-9H2,1-2H3,(H2,16,20)(H,17,18). The maximum Gasteiger partial charge on any atom is 0.227 e. The number of amides is 1. The second-order valence-electron chi connectivity index (χ2n) is 5.36. The number of rotatable bonds is 4. The van der Waals surface area contributed by atoms with Crippen LogP contribution in [0, 0.1) is 5.92 Å². The topological polar surface area (TPSA) is 64.3 Å². The molecule has 1 aromatic rings. The number of benzene rings is 1. The van der Waals surface area contributed by atoms with Crippen molar-refractivity contribution in [2.45, 2.75) is 32.2 Å². The highest BCUT2D eigenvalue weighted by molar-refractivity contribution is 7.80. The molecular formula is C15H20N2O2S. The molecule has 4 nitrogen and oxygen atoms in total. The van der Waals surface area contributed by atoms with Crippen molar-refractivity contribution in [2.24, 2.45) is 11.7 Å². The quantitative estimate of drug-likeness (QED) is 0.831. The highest BCUT2D eigenvalue weighted by Gasteiger charge is 2.32. The molecule has 108 valence electrons. The first kappa shape index (κ1) is 14.8. The monoisotopic (exact) mass is 292 g/mol. The molecule has 1 heterocycles. The van der Waals surface area contributed by atoms with E-state index in [1.807, 2.05) is 38.1 Å². The molecule has 1 aliphatic rings. The van der Waals surface area contributed by atoms with Gasteiger partial charge in [-0.05, 0) is 31.4 Å². The van der Waals surface area contributed by atoms with Gasteiger partial charge in [0.05, 0.1) is 16.4 Å². The van der Waals surface area contributed by atoms with Gasteiger partial charge >= 0.3 is 0 Å². The summed E-state index contributed by atoms with van der Waals surface area (Å²) in [6.07, 6.45) is 1.34. The minimum absolute atomic E-state index is 0.0587. The number of para-hydroxylation sites is 1. The van der Waals surface area contributed by atoms with Gasteiger partial charge in [-0.25, -0.2) is 0 Å². The molecule has 1 aromatic carbocycles. The fourth-order valence-electron chi connectivity index (χ4n) is 2.19. The first-order valence-corrected chi connectivity index (χ1v) is 7.19. The van der Waals surface area contributed by atoms with Crippen molar-refractivity contribution in [3.05, 3.63) is 29.8 Å². The molecule has 0 aromatic heterocycles. The van der Waals surface area contributed by atoms with E-state index in [0.717, 1.165) is 11.3 Å².